The summed E-state index contributed by atoms with van der Waals surface area (Å²) in [6.45, 7) is 9.56. The lowest BCUT2D eigenvalue weighted by Crippen LogP contribution is -2.55. The molecule has 4 saturated carbocycles. The molecule has 0 atom stereocenters. The lowest BCUT2D eigenvalue weighted by Gasteiger charge is -2.61. The summed E-state index contributed by atoms with van der Waals surface area (Å²) in [4.78, 5) is 2.56. The van der Waals surface area contributed by atoms with Crippen LogP contribution in [0.15, 0.2) is 176 Å². The molecular weight excluding hydrogens is 783 g/mol. The Hall–Kier alpha value is -6.44. The van der Waals surface area contributed by atoms with Gasteiger partial charge in [-0.25, -0.2) is 0 Å². The molecule has 1 nitrogen and oxygen atoms in total. The summed E-state index contributed by atoms with van der Waals surface area (Å²) in [5.41, 5.74) is 25.9. The van der Waals surface area contributed by atoms with E-state index in [2.05, 4.69) is 209 Å². The molecule has 0 radical (unpaired) electrons. The van der Waals surface area contributed by atoms with Gasteiger partial charge >= 0.3 is 0 Å². The Morgan fingerprint density at radius 3 is 1.57 bits per heavy atom. The second-order valence-electron chi connectivity index (χ2n) is 21.7. The Labute approximate surface area is 384 Å². The van der Waals surface area contributed by atoms with Crippen molar-refractivity contribution in [2.24, 2.45) is 23.7 Å². The van der Waals surface area contributed by atoms with Gasteiger partial charge in [-0.2, -0.15) is 0 Å². The third-order valence-corrected chi connectivity index (χ3v) is 17.8. The van der Waals surface area contributed by atoms with Gasteiger partial charge in [0, 0.05) is 33.3 Å². The molecule has 4 fully saturated rings. The normalized spacial score (nSPS) is 23.7. The Kier molecular flexibility index (Phi) is 7.77. The third-order valence-electron chi connectivity index (χ3n) is 17.8. The van der Waals surface area contributed by atoms with Crippen molar-refractivity contribution in [1.29, 1.82) is 0 Å². The van der Waals surface area contributed by atoms with Crippen LogP contribution in [-0.2, 0) is 16.2 Å². The standard InChI is InChI=1S/C64H55N/c1-62(2)56-20-8-5-15-50(56)53-29-25-42(37-59(53)62)41-23-26-46(27-24-41)65(47-14-11-13-43(36-47)49-18-12-19-55-52-17-6-9-21-57(52)63(3,4)61(49)55)48-28-30-54-51-16-7-10-22-58(51)64(60(54)38-48)44-32-39-31-40(34-44)35-45(64)33-39/h5-30,36-40,44-45H,31-35H2,1-4H3. The molecule has 0 amide bonds. The molecular formula is C64H55N. The quantitative estimate of drug-likeness (QED) is 0.167. The van der Waals surface area contributed by atoms with Crippen LogP contribution >= 0.6 is 0 Å². The van der Waals surface area contributed by atoms with Crippen molar-refractivity contribution in [3.05, 3.63) is 209 Å². The maximum absolute atomic E-state index is 2.65. The number of nitrogens with zero attached hydrogens (tertiary/aromatic N) is 1. The highest BCUT2D eigenvalue weighted by Gasteiger charge is 2.61. The molecule has 8 aromatic carbocycles. The zero-order valence-corrected chi connectivity index (χ0v) is 38.0. The van der Waals surface area contributed by atoms with Crippen LogP contribution in [0, 0.1) is 23.7 Å². The fourth-order valence-electron chi connectivity index (χ4n) is 15.3. The van der Waals surface area contributed by atoms with Crippen molar-refractivity contribution in [1.82, 2.24) is 0 Å². The van der Waals surface area contributed by atoms with Crippen LogP contribution in [0.2, 0.25) is 0 Å². The Bertz CT molecular complexity index is 3260. The lowest BCUT2D eigenvalue weighted by atomic mass is 9.43. The average Bonchev–Trinajstić information content (AvgIpc) is 3.85. The van der Waals surface area contributed by atoms with Crippen LogP contribution in [0.5, 0.6) is 0 Å². The first-order valence-corrected chi connectivity index (χ1v) is 24.4. The van der Waals surface area contributed by atoms with Crippen LogP contribution < -0.4 is 4.90 Å². The fourth-order valence-corrected chi connectivity index (χ4v) is 15.3. The van der Waals surface area contributed by atoms with E-state index in [9.17, 15) is 0 Å². The monoisotopic (exact) mass is 837 g/mol. The van der Waals surface area contributed by atoms with Gasteiger partial charge in [0.2, 0.25) is 0 Å². The SMILES string of the molecule is CC1(C)c2ccccc2-c2ccc(-c3ccc(N(c4cccc(-c5cccc6c5C(C)(C)c5ccccc5-6)c4)c4ccc5c(c4)C4(c6ccccc6-5)C5CC6CC(C5)CC4C6)cc3)cc21. The number of hydrogen-bond acceptors (Lipinski definition) is 1. The Morgan fingerprint density at radius 2 is 0.846 bits per heavy atom. The molecule has 1 heteroatoms. The molecule has 0 N–H and O–H groups in total. The van der Waals surface area contributed by atoms with Crippen LogP contribution in [0.3, 0.4) is 0 Å². The van der Waals surface area contributed by atoms with Gasteiger partial charge in [0.25, 0.3) is 0 Å². The highest BCUT2D eigenvalue weighted by Crippen LogP contribution is 2.69. The van der Waals surface area contributed by atoms with E-state index in [1.54, 1.807) is 11.1 Å². The average molecular weight is 838 g/mol. The molecule has 15 rings (SSSR count). The summed E-state index contributed by atoms with van der Waals surface area (Å²) in [7, 11) is 0. The molecule has 65 heavy (non-hydrogen) atoms. The smallest absolute Gasteiger partial charge is 0.0467 e. The highest BCUT2D eigenvalue weighted by atomic mass is 15.1. The molecule has 8 aromatic rings. The lowest BCUT2D eigenvalue weighted by molar-refractivity contribution is -0.0399. The van der Waals surface area contributed by atoms with E-state index in [4.69, 9.17) is 0 Å². The zero-order valence-electron chi connectivity index (χ0n) is 38.0. The van der Waals surface area contributed by atoms with Crippen molar-refractivity contribution in [3.8, 4) is 55.6 Å². The number of anilines is 3. The first-order valence-electron chi connectivity index (χ1n) is 24.4. The van der Waals surface area contributed by atoms with E-state index >= 15 is 0 Å². The molecule has 0 saturated heterocycles. The molecule has 0 aliphatic heterocycles. The largest absolute Gasteiger partial charge is 0.310 e. The first kappa shape index (κ1) is 37.9. The van der Waals surface area contributed by atoms with Crippen LogP contribution in [0.4, 0.5) is 17.1 Å². The minimum absolute atomic E-state index is 0.0393. The van der Waals surface area contributed by atoms with Crippen molar-refractivity contribution >= 4 is 17.1 Å². The summed E-state index contributed by atoms with van der Waals surface area (Å²) in [5, 5.41) is 0. The summed E-state index contributed by atoms with van der Waals surface area (Å²) in [6, 6.07) is 68.0. The fraction of sp³-hybridized carbons (Fsp3) is 0.250. The van der Waals surface area contributed by atoms with Crippen molar-refractivity contribution in [3.63, 3.8) is 0 Å². The second kappa shape index (κ2) is 13.3. The summed E-state index contributed by atoms with van der Waals surface area (Å²) in [6.07, 6.45) is 6.98. The zero-order chi connectivity index (χ0) is 43.4. The van der Waals surface area contributed by atoms with Crippen molar-refractivity contribution < 1.29 is 0 Å². The first-order chi connectivity index (χ1) is 31.7. The van der Waals surface area contributed by atoms with Gasteiger partial charge in [0.05, 0.1) is 0 Å². The van der Waals surface area contributed by atoms with Gasteiger partial charge < -0.3 is 4.90 Å². The van der Waals surface area contributed by atoms with Gasteiger partial charge in [-0.05, 0) is 187 Å². The minimum Gasteiger partial charge on any atom is -0.310 e. The molecule has 0 unspecified atom stereocenters. The molecule has 7 aliphatic rings. The van der Waals surface area contributed by atoms with E-state index in [0.29, 0.717) is 11.8 Å². The van der Waals surface area contributed by atoms with Gasteiger partial charge in [-0.3, -0.25) is 0 Å². The number of fused-ring (bicyclic) bond motifs is 9. The van der Waals surface area contributed by atoms with E-state index in [1.165, 1.54) is 127 Å². The van der Waals surface area contributed by atoms with Crippen molar-refractivity contribution in [2.75, 3.05) is 4.90 Å². The topological polar surface area (TPSA) is 3.24 Å². The van der Waals surface area contributed by atoms with Crippen molar-refractivity contribution in [2.45, 2.75) is 76.0 Å². The number of hydrogen-bond donors (Lipinski definition) is 0. The van der Waals surface area contributed by atoms with E-state index in [1.807, 2.05) is 0 Å². The minimum atomic E-state index is -0.106. The van der Waals surface area contributed by atoms with Gasteiger partial charge in [0.1, 0.15) is 0 Å². The second-order valence-corrected chi connectivity index (χ2v) is 21.7. The summed E-state index contributed by atoms with van der Waals surface area (Å²) < 4.78 is 0. The summed E-state index contributed by atoms with van der Waals surface area (Å²) >= 11 is 0. The summed E-state index contributed by atoms with van der Waals surface area (Å²) in [5.74, 6) is 3.24. The molecule has 4 bridgehead atoms. The Balaban J connectivity index is 0.924. The highest BCUT2D eigenvalue weighted by molar-refractivity contribution is 5.91. The van der Waals surface area contributed by atoms with Crippen LogP contribution in [0.1, 0.15) is 93.2 Å². The van der Waals surface area contributed by atoms with E-state index in [-0.39, 0.29) is 16.2 Å². The van der Waals surface area contributed by atoms with E-state index < -0.39 is 0 Å². The van der Waals surface area contributed by atoms with Crippen LogP contribution in [0.25, 0.3) is 55.6 Å². The number of benzene rings is 8. The predicted molar refractivity (Wildman–Crippen MR) is 270 cm³/mol. The molecule has 7 aliphatic carbocycles. The van der Waals surface area contributed by atoms with Gasteiger partial charge in [0.15, 0.2) is 0 Å². The molecule has 0 aromatic heterocycles. The van der Waals surface area contributed by atoms with Gasteiger partial charge in [-0.1, -0.05) is 161 Å². The Morgan fingerprint density at radius 1 is 0.338 bits per heavy atom. The maximum atomic E-state index is 2.65. The van der Waals surface area contributed by atoms with E-state index in [0.717, 1.165) is 11.8 Å². The van der Waals surface area contributed by atoms with Crippen LogP contribution in [-0.4, -0.2) is 0 Å². The molecule has 316 valence electrons. The molecule has 0 heterocycles. The van der Waals surface area contributed by atoms with Gasteiger partial charge in [-0.15, -0.1) is 0 Å². The maximum Gasteiger partial charge on any atom is 0.0467 e. The third kappa shape index (κ3) is 5.11. The molecule has 1 spiro atoms. The number of rotatable bonds is 5. The predicted octanol–water partition coefficient (Wildman–Crippen LogP) is 16.8.